The molecule has 0 unspecified atom stereocenters. The lowest BCUT2D eigenvalue weighted by Gasteiger charge is -2.23. The molecule has 152 valence electrons. The molecule has 0 spiro atoms. The van der Waals surface area contributed by atoms with Crippen molar-refractivity contribution in [1.29, 1.82) is 0 Å². The molecular formula is C21H22N2O5S. The van der Waals surface area contributed by atoms with E-state index in [-0.39, 0.29) is 24.4 Å². The molecule has 0 atom stereocenters. The van der Waals surface area contributed by atoms with Crippen LogP contribution in [0.25, 0.3) is 0 Å². The summed E-state index contributed by atoms with van der Waals surface area (Å²) in [5.41, 5.74) is 2.86. The number of aryl methyl sites for hydroxylation is 1. The van der Waals surface area contributed by atoms with Crippen LogP contribution < -0.4 is 4.74 Å². The van der Waals surface area contributed by atoms with E-state index in [2.05, 4.69) is 4.40 Å². The molecule has 3 rings (SSSR count). The molecule has 7 nitrogen and oxygen atoms in total. The molecule has 0 bridgehead atoms. The third-order valence-corrected chi connectivity index (χ3v) is 5.71. The number of carbonyl (C=O) groups excluding carboxylic acids is 1. The average molecular weight is 414 g/mol. The third kappa shape index (κ3) is 5.03. The number of hydrogen-bond acceptors (Lipinski definition) is 5. The highest BCUT2D eigenvalue weighted by molar-refractivity contribution is 7.88. The molecule has 8 heteroatoms. The van der Waals surface area contributed by atoms with Crippen LogP contribution >= 0.6 is 0 Å². The van der Waals surface area contributed by atoms with E-state index in [0.717, 1.165) is 21.0 Å². The summed E-state index contributed by atoms with van der Waals surface area (Å²) in [5.74, 6) is 0.0439. The van der Waals surface area contributed by atoms with Crippen molar-refractivity contribution in [2.24, 2.45) is 4.40 Å². The van der Waals surface area contributed by atoms with Gasteiger partial charge in [0.25, 0.3) is 0 Å². The van der Waals surface area contributed by atoms with Crippen molar-refractivity contribution in [1.82, 2.24) is 4.31 Å². The van der Waals surface area contributed by atoms with E-state index in [1.165, 1.54) is 13.1 Å². The van der Waals surface area contributed by atoms with Gasteiger partial charge in [0.1, 0.15) is 12.4 Å². The van der Waals surface area contributed by atoms with Crippen molar-refractivity contribution in [3.8, 4) is 5.75 Å². The largest absolute Gasteiger partial charge is 0.497 e. The number of esters is 1. The number of methoxy groups -OCH3 is 1. The predicted molar refractivity (Wildman–Crippen MR) is 110 cm³/mol. The van der Waals surface area contributed by atoms with Crippen molar-refractivity contribution in [3.63, 3.8) is 0 Å². The van der Waals surface area contributed by atoms with Crippen molar-refractivity contribution in [3.05, 3.63) is 77.0 Å². The number of benzene rings is 2. The van der Waals surface area contributed by atoms with Crippen LogP contribution in [0.1, 0.15) is 23.6 Å². The Morgan fingerprint density at radius 1 is 1.07 bits per heavy atom. The fraction of sp³-hybridized carbons (Fsp3) is 0.238. The van der Waals surface area contributed by atoms with Crippen molar-refractivity contribution in [2.75, 3.05) is 7.11 Å². The van der Waals surface area contributed by atoms with Gasteiger partial charge in [0.15, 0.2) is 0 Å². The Morgan fingerprint density at radius 3 is 2.45 bits per heavy atom. The van der Waals surface area contributed by atoms with Gasteiger partial charge in [0.05, 0.1) is 24.9 Å². The van der Waals surface area contributed by atoms with Crippen LogP contribution in [0.4, 0.5) is 0 Å². The zero-order valence-electron chi connectivity index (χ0n) is 16.5. The monoisotopic (exact) mass is 414 g/mol. The van der Waals surface area contributed by atoms with Crippen molar-refractivity contribution < 1.29 is 22.7 Å². The minimum atomic E-state index is -3.92. The number of carbonyl (C=O) groups is 1. The predicted octanol–water partition coefficient (Wildman–Crippen LogP) is 3.15. The van der Waals surface area contributed by atoms with E-state index >= 15 is 0 Å². The van der Waals surface area contributed by atoms with Crippen LogP contribution in [0.5, 0.6) is 5.75 Å². The number of rotatable bonds is 6. The SMILES string of the molecule is COc1ccc(CN2C=C(C(=O)OCc3cccc(C)c3)C(C)=NS2(=O)=O)cc1. The van der Waals surface area contributed by atoms with Crippen LogP contribution in [0.3, 0.4) is 0 Å². The number of ether oxygens (including phenoxy) is 2. The lowest BCUT2D eigenvalue weighted by Crippen LogP contribution is -2.31. The molecule has 0 N–H and O–H groups in total. The molecule has 29 heavy (non-hydrogen) atoms. The van der Waals surface area contributed by atoms with Gasteiger partial charge in [-0.1, -0.05) is 42.0 Å². The summed E-state index contributed by atoms with van der Waals surface area (Å²) >= 11 is 0. The van der Waals surface area contributed by atoms with Crippen molar-refractivity contribution >= 4 is 21.9 Å². The van der Waals surface area contributed by atoms with E-state index in [1.807, 2.05) is 31.2 Å². The second-order valence-electron chi connectivity index (χ2n) is 6.66. The zero-order chi connectivity index (χ0) is 21.0. The number of hydrogen-bond donors (Lipinski definition) is 0. The van der Waals surface area contributed by atoms with Crippen LogP contribution in [0.15, 0.2) is 64.7 Å². The van der Waals surface area contributed by atoms with Crippen molar-refractivity contribution in [2.45, 2.75) is 27.0 Å². The molecule has 0 aliphatic carbocycles. The quantitative estimate of drug-likeness (QED) is 0.678. The Bertz CT molecular complexity index is 1070. The van der Waals surface area contributed by atoms with Gasteiger partial charge in [-0.3, -0.25) is 4.31 Å². The fourth-order valence-electron chi connectivity index (χ4n) is 2.85. The molecule has 0 amide bonds. The van der Waals surface area contributed by atoms with Gasteiger partial charge in [-0.15, -0.1) is 4.40 Å². The van der Waals surface area contributed by atoms with Gasteiger partial charge in [-0.25, -0.2) is 4.79 Å². The van der Waals surface area contributed by atoms with E-state index < -0.39 is 16.2 Å². The normalized spacial score (nSPS) is 15.3. The summed E-state index contributed by atoms with van der Waals surface area (Å²) in [5, 5.41) is 0. The zero-order valence-corrected chi connectivity index (χ0v) is 17.3. The van der Waals surface area contributed by atoms with E-state index in [0.29, 0.717) is 5.75 Å². The molecular weight excluding hydrogens is 392 g/mol. The molecule has 1 aliphatic heterocycles. The van der Waals surface area contributed by atoms with Crippen LogP contribution in [0, 0.1) is 6.92 Å². The molecule has 0 saturated heterocycles. The molecule has 0 saturated carbocycles. The van der Waals surface area contributed by atoms with Gasteiger partial charge in [0.2, 0.25) is 0 Å². The first kappa shape index (κ1) is 20.6. The molecule has 1 aliphatic rings. The highest BCUT2D eigenvalue weighted by Crippen LogP contribution is 2.22. The molecule has 0 aromatic heterocycles. The molecule has 1 heterocycles. The molecule has 0 radical (unpaired) electrons. The second-order valence-corrected chi connectivity index (χ2v) is 8.20. The maximum absolute atomic E-state index is 12.5. The van der Waals surface area contributed by atoms with Gasteiger partial charge in [0, 0.05) is 6.20 Å². The van der Waals surface area contributed by atoms with Crippen LogP contribution in [-0.4, -0.2) is 31.5 Å². The summed E-state index contributed by atoms with van der Waals surface area (Å²) in [6.45, 7) is 3.56. The summed E-state index contributed by atoms with van der Waals surface area (Å²) in [4.78, 5) is 12.5. The fourth-order valence-corrected chi connectivity index (χ4v) is 3.95. The average Bonchev–Trinajstić information content (AvgIpc) is 2.68. The topological polar surface area (TPSA) is 85.3 Å². The Kier molecular flexibility index (Phi) is 6.03. The standard InChI is InChI=1S/C21H22N2O5S/c1-15-5-4-6-18(11-15)14-28-21(24)20-13-23(29(25,26)22-16(20)2)12-17-7-9-19(27-3)10-8-17/h4-11,13H,12,14H2,1-3H3. The maximum Gasteiger partial charge on any atom is 0.344 e. The summed E-state index contributed by atoms with van der Waals surface area (Å²) in [6, 6.07) is 14.6. The Hall–Kier alpha value is -3.13. The maximum atomic E-state index is 12.5. The molecule has 2 aromatic rings. The minimum absolute atomic E-state index is 0.0395. The highest BCUT2D eigenvalue weighted by Gasteiger charge is 2.29. The minimum Gasteiger partial charge on any atom is -0.497 e. The van der Waals surface area contributed by atoms with Gasteiger partial charge < -0.3 is 9.47 Å². The first-order valence-corrected chi connectivity index (χ1v) is 10.3. The van der Waals surface area contributed by atoms with Gasteiger partial charge in [-0.2, -0.15) is 8.42 Å². The first-order chi connectivity index (χ1) is 13.8. The smallest absolute Gasteiger partial charge is 0.344 e. The Morgan fingerprint density at radius 2 is 1.79 bits per heavy atom. The molecule has 0 fully saturated rings. The molecule has 2 aromatic carbocycles. The summed E-state index contributed by atoms with van der Waals surface area (Å²) in [6.07, 6.45) is 1.28. The van der Waals surface area contributed by atoms with Crippen LogP contribution in [-0.2, 0) is 32.9 Å². The van der Waals surface area contributed by atoms with E-state index in [4.69, 9.17) is 9.47 Å². The Labute approximate surface area is 170 Å². The first-order valence-electron chi connectivity index (χ1n) is 8.94. The van der Waals surface area contributed by atoms with Gasteiger partial charge in [-0.05, 0) is 37.1 Å². The van der Waals surface area contributed by atoms with Gasteiger partial charge >= 0.3 is 16.2 Å². The second kappa shape index (κ2) is 8.48. The highest BCUT2D eigenvalue weighted by atomic mass is 32.2. The third-order valence-electron chi connectivity index (χ3n) is 4.38. The van der Waals surface area contributed by atoms with E-state index in [9.17, 15) is 13.2 Å². The Balaban J connectivity index is 1.77. The summed E-state index contributed by atoms with van der Waals surface area (Å²) < 4.78 is 40.1. The lowest BCUT2D eigenvalue weighted by molar-refractivity contribution is -0.139. The number of nitrogens with zero attached hydrogens (tertiary/aromatic N) is 2. The lowest BCUT2D eigenvalue weighted by atomic mass is 10.1. The van der Waals surface area contributed by atoms with E-state index in [1.54, 1.807) is 31.4 Å². The van der Waals surface area contributed by atoms with Crippen LogP contribution in [0.2, 0.25) is 0 Å². The summed E-state index contributed by atoms with van der Waals surface area (Å²) in [7, 11) is -2.37.